The normalized spacial score (nSPS) is 10.8. The molecule has 5 nitrogen and oxygen atoms in total. The number of aromatic amines is 1. The Balaban J connectivity index is 1.89. The van der Waals surface area contributed by atoms with Crippen molar-refractivity contribution in [1.29, 1.82) is 0 Å². The largest absolute Gasteiger partial charge is 0.490 e. The third-order valence-electron chi connectivity index (χ3n) is 2.65. The van der Waals surface area contributed by atoms with Crippen molar-refractivity contribution in [1.82, 2.24) is 14.8 Å². The molecule has 0 spiro atoms. The first-order chi connectivity index (χ1) is 10.1. The number of rotatable bonds is 7. The van der Waals surface area contributed by atoms with Crippen molar-refractivity contribution in [2.75, 3.05) is 12.4 Å². The maximum absolute atomic E-state index is 11.5. The van der Waals surface area contributed by atoms with Crippen molar-refractivity contribution in [3.63, 3.8) is 0 Å². The van der Waals surface area contributed by atoms with Crippen LogP contribution < -0.4 is 10.4 Å². The molecular formula is C13H15Cl2N3O2S. The third-order valence-corrected chi connectivity index (χ3v) is 4.19. The first-order valence-corrected chi connectivity index (χ1v) is 8.22. The number of halogens is 2. The molecule has 1 aromatic heterocycles. The second kappa shape index (κ2) is 7.77. The van der Waals surface area contributed by atoms with Crippen molar-refractivity contribution in [3.05, 3.63) is 38.7 Å². The fourth-order valence-electron chi connectivity index (χ4n) is 1.73. The van der Waals surface area contributed by atoms with Gasteiger partial charge in [0, 0.05) is 12.3 Å². The third kappa shape index (κ3) is 4.18. The highest BCUT2D eigenvalue weighted by molar-refractivity contribution is 7.99. The SMILES string of the molecule is CCCn1c(SCCOc2c(Cl)cccc2Cl)n[nH]c1=O. The van der Waals surface area contributed by atoms with Gasteiger partial charge in [-0.05, 0) is 18.6 Å². The zero-order chi connectivity index (χ0) is 15.2. The van der Waals surface area contributed by atoms with Crippen LogP contribution in [0.2, 0.25) is 10.0 Å². The first-order valence-electron chi connectivity index (χ1n) is 6.48. The molecule has 0 atom stereocenters. The lowest BCUT2D eigenvalue weighted by Gasteiger charge is -2.09. The smallest absolute Gasteiger partial charge is 0.343 e. The molecule has 0 fully saturated rings. The van der Waals surface area contributed by atoms with Crippen molar-refractivity contribution in [3.8, 4) is 5.75 Å². The number of ether oxygens (including phenoxy) is 1. The summed E-state index contributed by atoms with van der Waals surface area (Å²) in [5, 5.41) is 8.07. The first kappa shape index (κ1) is 16.3. The van der Waals surface area contributed by atoms with E-state index in [4.69, 9.17) is 27.9 Å². The lowest BCUT2D eigenvalue weighted by atomic mass is 10.3. The van der Waals surface area contributed by atoms with Gasteiger partial charge in [-0.3, -0.25) is 4.57 Å². The Bertz CT molecular complexity index is 637. The van der Waals surface area contributed by atoms with E-state index >= 15 is 0 Å². The predicted octanol–water partition coefficient (Wildman–Crippen LogP) is 3.46. The minimum Gasteiger partial charge on any atom is -0.490 e. The van der Waals surface area contributed by atoms with Crippen LogP contribution in [0.5, 0.6) is 5.75 Å². The second-order valence-electron chi connectivity index (χ2n) is 4.21. The molecule has 2 aromatic rings. The summed E-state index contributed by atoms with van der Waals surface area (Å²) in [4.78, 5) is 11.5. The maximum Gasteiger partial charge on any atom is 0.343 e. The fourth-order valence-corrected chi connectivity index (χ4v) is 3.03. The van der Waals surface area contributed by atoms with Crippen LogP contribution in [-0.2, 0) is 6.54 Å². The van der Waals surface area contributed by atoms with E-state index in [0.29, 0.717) is 39.9 Å². The molecule has 114 valence electrons. The van der Waals surface area contributed by atoms with Crippen molar-refractivity contribution in [2.45, 2.75) is 25.0 Å². The van der Waals surface area contributed by atoms with Gasteiger partial charge in [-0.15, -0.1) is 5.10 Å². The van der Waals surface area contributed by atoms with E-state index in [1.165, 1.54) is 11.8 Å². The summed E-state index contributed by atoms with van der Waals surface area (Å²) in [6.07, 6.45) is 0.874. The van der Waals surface area contributed by atoms with E-state index in [-0.39, 0.29) is 5.69 Å². The van der Waals surface area contributed by atoms with Gasteiger partial charge in [0.05, 0.1) is 16.7 Å². The Morgan fingerprint density at radius 1 is 1.38 bits per heavy atom. The Hall–Kier alpha value is -1.11. The molecule has 0 bridgehead atoms. The molecule has 1 heterocycles. The van der Waals surface area contributed by atoms with E-state index in [9.17, 15) is 4.79 Å². The Kier molecular flexibility index (Phi) is 6.02. The molecule has 0 saturated carbocycles. The minimum absolute atomic E-state index is 0.186. The van der Waals surface area contributed by atoms with Crippen molar-refractivity contribution in [2.24, 2.45) is 0 Å². The number of aromatic nitrogens is 3. The van der Waals surface area contributed by atoms with Crippen molar-refractivity contribution < 1.29 is 4.74 Å². The molecule has 2 rings (SSSR count). The molecule has 0 saturated heterocycles. The van der Waals surface area contributed by atoms with Crippen LogP contribution in [-0.4, -0.2) is 27.1 Å². The molecule has 0 aliphatic rings. The van der Waals surface area contributed by atoms with Crippen LogP contribution in [0.4, 0.5) is 0 Å². The second-order valence-corrected chi connectivity index (χ2v) is 6.09. The van der Waals surface area contributed by atoms with Gasteiger partial charge < -0.3 is 4.74 Å². The summed E-state index contributed by atoms with van der Waals surface area (Å²) in [7, 11) is 0. The molecule has 0 aliphatic heterocycles. The van der Waals surface area contributed by atoms with Gasteiger partial charge in [-0.2, -0.15) is 0 Å². The highest BCUT2D eigenvalue weighted by Gasteiger charge is 2.09. The van der Waals surface area contributed by atoms with Crippen molar-refractivity contribution >= 4 is 35.0 Å². The number of para-hydroxylation sites is 1. The quantitative estimate of drug-likeness (QED) is 0.615. The number of thioether (sulfide) groups is 1. The highest BCUT2D eigenvalue weighted by Crippen LogP contribution is 2.32. The average Bonchev–Trinajstić information content (AvgIpc) is 2.79. The lowest BCUT2D eigenvalue weighted by Crippen LogP contribution is -2.17. The maximum atomic E-state index is 11.5. The minimum atomic E-state index is -0.186. The topological polar surface area (TPSA) is 59.9 Å². The van der Waals surface area contributed by atoms with E-state index in [1.807, 2.05) is 6.92 Å². The summed E-state index contributed by atoms with van der Waals surface area (Å²) in [5.41, 5.74) is -0.186. The standard InChI is InChI=1S/C13H15Cl2N3O2S/c1-2-6-18-12(19)16-17-13(18)21-8-7-20-11-9(14)4-3-5-10(11)15/h3-5H,2,6-8H2,1H3,(H,16,19). The Labute approximate surface area is 136 Å². The van der Waals surface area contributed by atoms with Gasteiger partial charge in [-0.25, -0.2) is 9.89 Å². The molecule has 0 aliphatic carbocycles. The van der Waals surface area contributed by atoms with Crippen LogP contribution in [0.3, 0.4) is 0 Å². The number of hydrogen-bond acceptors (Lipinski definition) is 4. The van der Waals surface area contributed by atoms with Crippen LogP contribution in [0.1, 0.15) is 13.3 Å². The van der Waals surface area contributed by atoms with Gasteiger partial charge in [-0.1, -0.05) is 48.0 Å². The highest BCUT2D eigenvalue weighted by atomic mass is 35.5. The number of nitrogens with one attached hydrogen (secondary N) is 1. The van der Waals surface area contributed by atoms with Crippen LogP contribution >= 0.6 is 35.0 Å². The zero-order valence-corrected chi connectivity index (χ0v) is 13.8. The summed E-state index contributed by atoms with van der Waals surface area (Å²) < 4.78 is 7.20. The molecule has 0 unspecified atom stereocenters. The van der Waals surface area contributed by atoms with E-state index in [1.54, 1.807) is 22.8 Å². The van der Waals surface area contributed by atoms with Crippen LogP contribution in [0.25, 0.3) is 0 Å². The van der Waals surface area contributed by atoms with E-state index < -0.39 is 0 Å². The number of hydrogen-bond donors (Lipinski definition) is 1. The zero-order valence-electron chi connectivity index (χ0n) is 11.4. The Morgan fingerprint density at radius 2 is 2.10 bits per heavy atom. The van der Waals surface area contributed by atoms with Gasteiger partial charge >= 0.3 is 5.69 Å². The Morgan fingerprint density at radius 3 is 2.76 bits per heavy atom. The van der Waals surface area contributed by atoms with Gasteiger partial charge in [0.25, 0.3) is 0 Å². The molecule has 8 heteroatoms. The number of H-pyrrole nitrogens is 1. The molecule has 0 radical (unpaired) electrons. The molecule has 21 heavy (non-hydrogen) atoms. The predicted molar refractivity (Wildman–Crippen MR) is 85.8 cm³/mol. The molecular weight excluding hydrogens is 333 g/mol. The summed E-state index contributed by atoms with van der Waals surface area (Å²) in [5.74, 6) is 1.12. The van der Waals surface area contributed by atoms with Gasteiger partial charge in [0.15, 0.2) is 10.9 Å². The fraction of sp³-hybridized carbons (Fsp3) is 0.385. The number of nitrogens with zero attached hydrogens (tertiary/aromatic N) is 2. The molecule has 1 N–H and O–H groups in total. The molecule has 0 amide bonds. The van der Waals surface area contributed by atoms with Crippen LogP contribution in [0, 0.1) is 0 Å². The monoisotopic (exact) mass is 347 g/mol. The number of benzene rings is 1. The van der Waals surface area contributed by atoms with E-state index in [0.717, 1.165) is 6.42 Å². The van der Waals surface area contributed by atoms with Gasteiger partial charge in [0.1, 0.15) is 0 Å². The summed E-state index contributed by atoms with van der Waals surface area (Å²) in [6.45, 7) is 3.08. The lowest BCUT2D eigenvalue weighted by molar-refractivity contribution is 0.344. The van der Waals surface area contributed by atoms with Crippen LogP contribution in [0.15, 0.2) is 28.2 Å². The molecule has 1 aromatic carbocycles. The van der Waals surface area contributed by atoms with E-state index in [2.05, 4.69) is 10.2 Å². The summed E-state index contributed by atoms with van der Waals surface area (Å²) >= 11 is 13.5. The average molecular weight is 348 g/mol. The summed E-state index contributed by atoms with van der Waals surface area (Å²) in [6, 6.07) is 5.21. The van der Waals surface area contributed by atoms with Gasteiger partial charge in [0.2, 0.25) is 0 Å².